The summed E-state index contributed by atoms with van der Waals surface area (Å²) < 4.78 is 170. The Labute approximate surface area is 647 Å². The van der Waals surface area contributed by atoms with E-state index in [1.54, 1.807) is 54.6 Å². The zero-order valence-corrected chi connectivity index (χ0v) is 63.7. The number of aromatic nitrogens is 5. The third-order valence-corrected chi connectivity index (χ3v) is 34.8. The number of fused-ring (bicyclic) bond motifs is 14. The molecular formula is C95H91N5O2SSi2. The van der Waals surface area contributed by atoms with Crippen LogP contribution in [0.4, 0.5) is 0 Å². The van der Waals surface area contributed by atoms with Crippen LogP contribution in [0.15, 0.2) is 231 Å². The van der Waals surface area contributed by atoms with Crippen molar-refractivity contribution >= 4 is 91.9 Å². The van der Waals surface area contributed by atoms with E-state index < -0.39 is 61.8 Å². The topological polar surface area (TPSA) is 58.0 Å². The molecular weight excluding hydrogens is 1330 g/mol. The fourth-order valence-electron chi connectivity index (χ4n) is 16.3. The second-order valence-corrected chi connectivity index (χ2v) is 42.2. The molecule has 10 heteroatoms. The van der Waals surface area contributed by atoms with Gasteiger partial charge in [-0.1, -0.05) is 239 Å². The SMILES string of the molecule is [2H]C([2H])([2H])c1ccc(-c2c(C(C)(C)C)ccc3c2Oc2ccccc2[Si](C)(C)C3(C)C)cc1-c1cc(-n2c3ccccc3n3c4ccccc4nc23)ccc1C([2H])([2H])[2H].[2H]C([2H])([2H])c1ccc(-c2c(C([2H])([2H])[2H])ccc3c2Oc2ccccc2[Si](C)(C)C3(C)C)cc1-c1cc(-c2c(C([2H])([2H])C)ccc3c2sc2nc4ccccc4n23)ccc1C([2H])([2H])[2H]. The van der Waals surface area contributed by atoms with E-state index >= 15 is 0 Å². The van der Waals surface area contributed by atoms with E-state index in [9.17, 15) is 0 Å². The molecule has 18 rings (SSSR count). The predicted octanol–water partition coefficient (Wildman–Crippen LogP) is 24.9. The van der Waals surface area contributed by atoms with E-state index in [2.05, 4.69) is 109 Å². The molecule has 2 aliphatic heterocycles. The lowest BCUT2D eigenvalue weighted by molar-refractivity contribution is 0.475. The molecule has 0 radical (unpaired) electrons. The van der Waals surface area contributed by atoms with Crippen molar-refractivity contribution in [1.82, 2.24) is 23.3 Å². The van der Waals surface area contributed by atoms with Gasteiger partial charge in [-0.25, -0.2) is 9.97 Å². The number of aryl methyl sites for hydroxylation is 6. The highest BCUT2D eigenvalue weighted by atomic mass is 32.1. The van der Waals surface area contributed by atoms with Crippen molar-refractivity contribution in [1.29, 1.82) is 0 Å². The molecule has 2 aliphatic rings. The normalized spacial score (nSPS) is 18.0. The van der Waals surface area contributed by atoms with E-state index in [4.69, 9.17) is 42.7 Å². The molecule has 0 amide bonds. The largest absolute Gasteiger partial charge is 0.457 e. The summed E-state index contributed by atoms with van der Waals surface area (Å²) in [5.41, 5.74) is 13.7. The Balaban J connectivity index is 0.000000174. The first-order valence-electron chi connectivity index (χ1n) is 44.2. The van der Waals surface area contributed by atoms with Crippen LogP contribution in [0.25, 0.3) is 115 Å². The van der Waals surface area contributed by atoms with Crippen molar-refractivity contribution in [2.75, 3.05) is 0 Å². The third-order valence-electron chi connectivity index (χ3n) is 23.4. The number of ether oxygens (including phenoxy) is 2. The standard InChI is InChI=1S/C48H47N3OSi.C47H44N2OSSi/c1-30-22-24-32(44-36(47(3,4)5)26-27-37-45(44)52-42-20-14-15-21-43(42)53(8,9)48(37,6)7)28-34(30)35-29-33(25-23-31(35)2)50-40-18-12-13-19-41(40)51-39-17-11-10-16-38(39)49-46(50)51;1-9-31-23-25-39-45(51-46-48-37-14-10-11-15-38(37)49(39)46)43(31)33-22-19-29(3)35(27-33)34-26-32(21-18-28(34)2)42-30(4)20-24-36-44(42)50-40-16-12-13-17-41(40)52(7,8)47(36,5)6/h10-29H,1-9H3;10-27H,9H2,1-8H3/i1D3,2D3;2D3,3D3,4D3,9D2. The van der Waals surface area contributed by atoms with Crippen LogP contribution in [-0.4, -0.2) is 39.5 Å². The summed E-state index contributed by atoms with van der Waals surface area (Å²) in [7, 11) is -4.59. The molecule has 0 saturated carbocycles. The first-order chi connectivity index (χ1) is 57.0. The zero-order chi connectivity index (χ0) is 87.4. The molecule has 0 unspecified atom stereocenters. The van der Waals surface area contributed by atoms with Gasteiger partial charge in [-0.05, 0) is 240 Å². The molecule has 0 aliphatic carbocycles. The zero-order valence-electron chi connectivity index (χ0n) is 77.9. The minimum atomic E-state index is -2.73. The lowest BCUT2D eigenvalue weighted by atomic mass is 9.78. The highest BCUT2D eigenvalue weighted by Gasteiger charge is 2.49. The van der Waals surface area contributed by atoms with Gasteiger partial charge in [0.25, 0.3) is 0 Å². The van der Waals surface area contributed by atoms with Crippen LogP contribution in [0.2, 0.25) is 26.2 Å². The molecule has 0 fully saturated rings. The maximum absolute atomic E-state index is 8.96. The van der Waals surface area contributed by atoms with Gasteiger partial charge in [0.1, 0.15) is 23.0 Å². The first kappa shape index (κ1) is 50.9. The number of nitrogens with zero attached hydrogens (tertiary/aromatic N) is 5. The van der Waals surface area contributed by atoms with Gasteiger partial charge in [-0.3, -0.25) is 13.4 Å². The molecule has 7 nitrogen and oxygen atoms in total. The molecule has 4 aromatic heterocycles. The van der Waals surface area contributed by atoms with Gasteiger partial charge in [-0.2, -0.15) is 0 Å². The molecule has 0 atom stereocenters. The fraction of sp³-hybridized carbons (Fsp3) is 0.221. The van der Waals surface area contributed by atoms with Gasteiger partial charge in [-0.15, -0.1) is 0 Å². The van der Waals surface area contributed by atoms with E-state index in [1.807, 2.05) is 142 Å². The number of para-hydroxylation sites is 8. The van der Waals surface area contributed by atoms with Crippen molar-refractivity contribution in [3.8, 4) is 84.3 Å². The second kappa shape index (κ2) is 24.6. The quantitative estimate of drug-likeness (QED) is 0.149. The van der Waals surface area contributed by atoms with Crippen molar-refractivity contribution in [2.45, 2.75) is 138 Å². The number of imidazole rings is 3. The molecule has 0 bridgehead atoms. The van der Waals surface area contributed by atoms with Gasteiger partial charge < -0.3 is 9.47 Å². The number of thiazole rings is 1. The van der Waals surface area contributed by atoms with Crippen molar-refractivity contribution in [2.24, 2.45) is 0 Å². The summed E-state index contributed by atoms with van der Waals surface area (Å²) in [5, 5.41) is 1.58. The summed E-state index contributed by atoms with van der Waals surface area (Å²) in [6.07, 6.45) is -1.84. The van der Waals surface area contributed by atoms with Crippen LogP contribution in [0.5, 0.6) is 23.0 Å². The van der Waals surface area contributed by atoms with E-state index in [-0.39, 0.29) is 55.0 Å². The Morgan fingerprint density at radius 2 is 0.905 bits per heavy atom. The highest BCUT2D eigenvalue weighted by molar-refractivity contribution is 7.24. The molecule has 522 valence electrons. The average molecular weight is 1440 g/mol. The maximum atomic E-state index is 8.96. The first-order valence-corrected chi connectivity index (χ1v) is 42.5. The van der Waals surface area contributed by atoms with Gasteiger partial charge in [0.15, 0.2) is 4.96 Å². The number of rotatable bonds is 7. The number of hydrogen-bond donors (Lipinski definition) is 0. The summed E-state index contributed by atoms with van der Waals surface area (Å²) in [5.74, 6) is 3.22. The number of benzene rings is 12. The smallest absolute Gasteiger partial charge is 0.220 e. The summed E-state index contributed by atoms with van der Waals surface area (Å²) in [6.45, 7) is 13.0. The molecule has 16 aromatic rings. The van der Waals surface area contributed by atoms with Gasteiger partial charge in [0.2, 0.25) is 5.78 Å². The molecule has 105 heavy (non-hydrogen) atoms. The Hall–Kier alpha value is -10.4. The van der Waals surface area contributed by atoms with Crippen LogP contribution in [0, 0.1) is 34.3 Å². The fourth-order valence-corrected chi connectivity index (χ4v) is 23.1. The van der Waals surface area contributed by atoms with Crippen LogP contribution in [0.3, 0.4) is 0 Å². The van der Waals surface area contributed by atoms with Crippen LogP contribution in [-0.2, 0) is 21.9 Å². The molecule has 6 heterocycles. The van der Waals surface area contributed by atoms with Crippen LogP contribution in [0.1, 0.15) is 129 Å². The molecule has 0 spiro atoms. The Morgan fingerprint density at radius 3 is 1.47 bits per heavy atom. The molecule has 0 saturated heterocycles. The van der Waals surface area contributed by atoms with E-state index in [1.165, 1.54) is 35.6 Å². The second-order valence-electron chi connectivity index (χ2n) is 31.2. The van der Waals surface area contributed by atoms with Crippen molar-refractivity contribution in [3.05, 3.63) is 281 Å². The minimum Gasteiger partial charge on any atom is -0.457 e. The summed E-state index contributed by atoms with van der Waals surface area (Å²) in [6, 6.07) is 71.3. The molecule has 0 N–H and O–H groups in total. The van der Waals surface area contributed by atoms with Crippen LogP contribution < -0.4 is 19.8 Å². The van der Waals surface area contributed by atoms with Crippen molar-refractivity contribution < 1.29 is 32.8 Å². The highest BCUT2D eigenvalue weighted by Crippen LogP contribution is 2.54. The van der Waals surface area contributed by atoms with E-state index in [0.717, 1.165) is 87.8 Å². The third kappa shape index (κ3) is 10.5. The molecule has 12 aromatic carbocycles. The monoisotopic (exact) mass is 1440 g/mol. The van der Waals surface area contributed by atoms with E-state index in [0.29, 0.717) is 61.3 Å². The lowest BCUT2D eigenvalue weighted by Crippen LogP contribution is -2.56. The van der Waals surface area contributed by atoms with Crippen LogP contribution >= 0.6 is 11.3 Å². The average Bonchev–Trinajstić information content (AvgIpc) is 1.58. The maximum Gasteiger partial charge on any atom is 0.220 e. The Bertz CT molecular complexity index is 7000. The van der Waals surface area contributed by atoms with Gasteiger partial charge in [0.05, 0.1) is 59.5 Å². The number of hydrogen-bond acceptors (Lipinski definition) is 5. The van der Waals surface area contributed by atoms with Crippen molar-refractivity contribution in [3.63, 3.8) is 0 Å². The Morgan fingerprint density at radius 1 is 0.448 bits per heavy atom. The summed E-state index contributed by atoms with van der Waals surface area (Å²) in [4.78, 5) is 10.6. The predicted molar refractivity (Wildman–Crippen MR) is 450 cm³/mol. The lowest BCUT2D eigenvalue weighted by Gasteiger charge is -2.40. The minimum absolute atomic E-state index is 0.00464. The Kier molecular flexibility index (Phi) is 11.9. The van der Waals surface area contributed by atoms with Gasteiger partial charge in [0, 0.05) is 45.7 Å². The van der Waals surface area contributed by atoms with Gasteiger partial charge >= 0.3 is 0 Å². The summed E-state index contributed by atoms with van der Waals surface area (Å²) >= 11 is 1.39.